The Kier molecular flexibility index (Phi) is 3.17. The van der Waals surface area contributed by atoms with Crippen LogP contribution in [-0.4, -0.2) is 23.0 Å². The van der Waals surface area contributed by atoms with E-state index in [1.807, 2.05) is 13.0 Å². The van der Waals surface area contributed by atoms with E-state index in [0.717, 1.165) is 5.76 Å². The van der Waals surface area contributed by atoms with Crippen molar-refractivity contribution in [2.24, 2.45) is 11.8 Å². The highest BCUT2D eigenvalue weighted by molar-refractivity contribution is 5.89. The zero-order valence-corrected chi connectivity index (χ0v) is 9.55. The SMILES string of the molecule is CC(Cc1ccco1)NC(=O)[C@@H]1C[C@@H]1C(=O)O. The summed E-state index contributed by atoms with van der Waals surface area (Å²) in [5.41, 5.74) is 0. The number of rotatable bonds is 5. The fraction of sp³-hybridized carbons (Fsp3) is 0.500. The van der Waals surface area contributed by atoms with Crippen LogP contribution in [-0.2, 0) is 16.0 Å². The van der Waals surface area contributed by atoms with Crippen LogP contribution in [0.4, 0.5) is 0 Å². The Morgan fingerprint density at radius 1 is 1.59 bits per heavy atom. The molecule has 1 fully saturated rings. The Bertz CT molecular complexity index is 412. The molecule has 5 heteroatoms. The summed E-state index contributed by atoms with van der Waals surface area (Å²) in [6.45, 7) is 1.87. The monoisotopic (exact) mass is 237 g/mol. The second kappa shape index (κ2) is 4.61. The van der Waals surface area contributed by atoms with Crippen LogP contribution in [0.25, 0.3) is 0 Å². The molecule has 1 heterocycles. The van der Waals surface area contributed by atoms with E-state index in [2.05, 4.69) is 5.32 Å². The molecular weight excluding hydrogens is 222 g/mol. The van der Waals surface area contributed by atoms with Gasteiger partial charge in [-0.3, -0.25) is 9.59 Å². The van der Waals surface area contributed by atoms with Gasteiger partial charge in [0, 0.05) is 12.5 Å². The topological polar surface area (TPSA) is 79.5 Å². The van der Waals surface area contributed by atoms with Crippen molar-refractivity contribution in [2.75, 3.05) is 0 Å². The maximum absolute atomic E-state index is 11.7. The first-order chi connectivity index (χ1) is 8.08. The fourth-order valence-electron chi connectivity index (χ4n) is 1.89. The van der Waals surface area contributed by atoms with Crippen LogP contribution in [0.5, 0.6) is 0 Å². The molecule has 0 aromatic carbocycles. The summed E-state index contributed by atoms with van der Waals surface area (Å²) >= 11 is 0. The van der Waals surface area contributed by atoms with Crippen molar-refractivity contribution in [3.05, 3.63) is 24.2 Å². The van der Waals surface area contributed by atoms with E-state index in [-0.39, 0.29) is 17.9 Å². The van der Waals surface area contributed by atoms with E-state index in [1.54, 1.807) is 12.3 Å². The van der Waals surface area contributed by atoms with Crippen molar-refractivity contribution in [2.45, 2.75) is 25.8 Å². The predicted molar refractivity (Wildman–Crippen MR) is 59.2 cm³/mol. The van der Waals surface area contributed by atoms with Gasteiger partial charge in [-0.15, -0.1) is 0 Å². The van der Waals surface area contributed by atoms with E-state index < -0.39 is 11.9 Å². The summed E-state index contributed by atoms with van der Waals surface area (Å²) in [6.07, 6.45) is 2.66. The lowest BCUT2D eigenvalue weighted by Gasteiger charge is -2.12. The molecule has 2 N–H and O–H groups in total. The molecule has 1 aromatic rings. The Hall–Kier alpha value is -1.78. The Labute approximate surface area is 98.8 Å². The largest absolute Gasteiger partial charge is 0.481 e. The van der Waals surface area contributed by atoms with Gasteiger partial charge in [0.2, 0.25) is 5.91 Å². The molecular formula is C12H15NO4. The molecule has 0 bridgehead atoms. The number of carboxylic acid groups (broad SMARTS) is 1. The summed E-state index contributed by atoms with van der Waals surface area (Å²) in [4.78, 5) is 22.3. The highest BCUT2D eigenvalue weighted by atomic mass is 16.4. The van der Waals surface area contributed by atoms with E-state index >= 15 is 0 Å². The van der Waals surface area contributed by atoms with Crippen molar-refractivity contribution in [3.63, 3.8) is 0 Å². The first-order valence-corrected chi connectivity index (χ1v) is 5.63. The van der Waals surface area contributed by atoms with Crippen LogP contribution >= 0.6 is 0 Å². The van der Waals surface area contributed by atoms with Crippen molar-refractivity contribution in [1.29, 1.82) is 0 Å². The second-order valence-corrected chi connectivity index (χ2v) is 4.48. The molecule has 5 nitrogen and oxygen atoms in total. The quantitative estimate of drug-likeness (QED) is 0.802. The number of amides is 1. The van der Waals surface area contributed by atoms with Gasteiger partial charge in [-0.05, 0) is 25.5 Å². The van der Waals surface area contributed by atoms with Gasteiger partial charge < -0.3 is 14.8 Å². The minimum absolute atomic E-state index is 0.0521. The molecule has 1 aliphatic rings. The number of nitrogens with one attached hydrogen (secondary N) is 1. The average Bonchev–Trinajstić information content (AvgIpc) is 2.92. The first kappa shape index (κ1) is 11.7. The molecule has 17 heavy (non-hydrogen) atoms. The smallest absolute Gasteiger partial charge is 0.307 e. The van der Waals surface area contributed by atoms with Crippen molar-refractivity contribution < 1.29 is 19.1 Å². The number of furan rings is 1. The summed E-state index contributed by atoms with van der Waals surface area (Å²) in [5, 5.41) is 11.5. The molecule has 1 aliphatic carbocycles. The Morgan fingerprint density at radius 3 is 2.88 bits per heavy atom. The van der Waals surface area contributed by atoms with E-state index in [9.17, 15) is 9.59 Å². The number of carboxylic acids is 1. The molecule has 2 rings (SSSR count). The number of carbonyl (C=O) groups excluding carboxylic acids is 1. The summed E-state index contributed by atoms with van der Waals surface area (Å²) in [6, 6.07) is 3.59. The third-order valence-electron chi connectivity index (χ3n) is 2.92. The Balaban J connectivity index is 1.78. The third kappa shape index (κ3) is 2.87. The normalized spacial score (nSPS) is 24.1. The molecule has 0 aliphatic heterocycles. The van der Waals surface area contributed by atoms with Crippen molar-refractivity contribution >= 4 is 11.9 Å². The number of hydrogen-bond donors (Lipinski definition) is 2. The van der Waals surface area contributed by atoms with Gasteiger partial charge in [0.05, 0.1) is 18.1 Å². The molecule has 0 saturated heterocycles. The lowest BCUT2D eigenvalue weighted by molar-refractivity contribution is -0.140. The fourth-order valence-corrected chi connectivity index (χ4v) is 1.89. The summed E-state index contributed by atoms with van der Waals surface area (Å²) in [7, 11) is 0. The molecule has 0 spiro atoms. The predicted octanol–water partition coefficient (Wildman–Crippen LogP) is 1.05. The maximum Gasteiger partial charge on any atom is 0.307 e. The highest BCUT2D eigenvalue weighted by Gasteiger charge is 2.48. The number of hydrogen-bond acceptors (Lipinski definition) is 3. The lowest BCUT2D eigenvalue weighted by Crippen LogP contribution is -2.35. The van der Waals surface area contributed by atoms with Gasteiger partial charge in [-0.1, -0.05) is 0 Å². The van der Waals surface area contributed by atoms with Crippen molar-refractivity contribution in [3.8, 4) is 0 Å². The number of aliphatic carboxylic acids is 1. The lowest BCUT2D eigenvalue weighted by atomic mass is 10.2. The zero-order valence-electron chi connectivity index (χ0n) is 9.55. The minimum Gasteiger partial charge on any atom is -0.481 e. The van der Waals surface area contributed by atoms with Crippen LogP contribution in [0.2, 0.25) is 0 Å². The van der Waals surface area contributed by atoms with Gasteiger partial charge in [0.15, 0.2) is 0 Å². The molecule has 92 valence electrons. The average molecular weight is 237 g/mol. The molecule has 1 aromatic heterocycles. The third-order valence-corrected chi connectivity index (χ3v) is 2.92. The molecule has 3 atom stereocenters. The van der Waals surface area contributed by atoms with E-state index in [4.69, 9.17) is 9.52 Å². The van der Waals surface area contributed by atoms with Crippen LogP contribution in [0.15, 0.2) is 22.8 Å². The van der Waals surface area contributed by atoms with Crippen LogP contribution in [0.3, 0.4) is 0 Å². The number of carbonyl (C=O) groups is 2. The maximum atomic E-state index is 11.7. The summed E-state index contributed by atoms with van der Waals surface area (Å²) in [5.74, 6) is -1.10. The van der Waals surface area contributed by atoms with Crippen LogP contribution < -0.4 is 5.32 Å². The molecule has 1 saturated carbocycles. The van der Waals surface area contributed by atoms with Gasteiger partial charge in [0.25, 0.3) is 0 Å². The van der Waals surface area contributed by atoms with Gasteiger partial charge in [-0.2, -0.15) is 0 Å². The highest BCUT2D eigenvalue weighted by Crippen LogP contribution is 2.38. The van der Waals surface area contributed by atoms with Crippen molar-refractivity contribution in [1.82, 2.24) is 5.32 Å². The molecule has 1 unspecified atom stereocenters. The van der Waals surface area contributed by atoms with Crippen LogP contribution in [0.1, 0.15) is 19.1 Å². The standard InChI is InChI=1S/C12H15NO4/c1-7(5-8-3-2-4-17-8)13-11(14)9-6-10(9)12(15)16/h2-4,7,9-10H,5-6H2,1H3,(H,13,14)(H,15,16)/t7?,9-,10+/m1/s1. The van der Waals surface area contributed by atoms with E-state index in [1.165, 1.54) is 0 Å². The van der Waals surface area contributed by atoms with Crippen LogP contribution in [0, 0.1) is 11.8 Å². The zero-order chi connectivity index (χ0) is 12.4. The van der Waals surface area contributed by atoms with E-state index in [0.29, 0.717) is 12.8 Å². The minimum atomic E-state index is -0.885. The first-order valence-electron chi connectivity index (χ1n) is 5.63. The van der Waals surface area contributed by atoms with Gasteiger partial charge in [-0.25, -0.2) is 0 Å². The molecule has 0 radical (unpaired) electrons. The second-order valence-electron chi connectivity index (χ2n) is 4.48. The molecule has 1 amide bonds. The van der Waals surface area contributed by atoms with Gasteiger partial charge >= 0.3 is 5.97 Å². The Morgan fingerprint density at radius 2 is 2.35 bits per heavy atom. The van der Waals surface area contributed by atoms with Gasteiger partial charge in [0.1, 0.15) is 5.76 Å². The summed E-state index contributed by atoms with van der Waals surface area (Å²) < 4.78 is 5.18.